The highest BCUT2D eigenvalue weighted by molar-refractivity contribution is 5.89. The molecule has 1 N–H and O–H groups in total. The Morgan fingerprint density at radius 3 is 2.71 bits per heavy atom. The summed E-state index contributed by atoms with van der Waals surface area (Å²) in [6.07, 6.45) is 1.80. The van der Waals surface area contributed by atoms with Crippen LogP contribution in [-0.2, 0) is 11.2 Å². The van der Waals surface area contributed by atoms with E-state index in [2.05, 4.69) is 0 Å². The summed E-state index contributed by atoms with van der Waals surface area (Å²) in [5.41, 5.74) is 2.30. The third kappa shape index (κ3) is 3.35. The third-order valence-electron chi connectivity index (χ3n) is 4.04. The summed E-state index contributed by atoms with van der Waals surface area (Å²) in [4.78, 5) is 27.0. The van der Waals surface area contributed by atoms with E-state index in [0.717, 1.165) is 30.6 Å². The largest absolute Gasteiger partial charge is 0.478 e. The summed E-state index contributed by atoms with van der Waals surface area (Å²) in [6.45, 7) is 5.15. The number of carboxylic acid groups (broad SMARTS) is 1. The molecule has 5 heteroatoms. The molecule has 1 aliphatic heterocycles. The van der Waals surface area contributed by atoms with Crippen molar-refractivity contribution in [3.05, 3.63) is 29.3 Å². The van der Waals surface area contributed by atoms with E-state index in [-0.39, 0.29) is 11.9 Å². The van der Waals surface area contributed by atoms with E-state index in [0.29, 0.717) is 12.1 Å². The molecule has 0 unspecified atom stereocenters. The first-order valence-corrected chi connectivity index (χ1v) is 7.27. The molecule has 0 spiro atoms. The van der Waals surface area contributed by atoms with E-state index >= 15 is 0 Å². The Hall–Kier alpha value is -2.04. The van der Waals surface area contributed by atoms with E-state index in [1.165, 1.54) is 0 Å². The smallest absolute Gasteiger partial charge is 0.335 e. The Kier molecular flexibility index (Phi) is 4.50. The molecule has 0 radical (unpaired) electrons. The van der Waals surface area contributed by atoms with Gasteiger partial charge in [0, 0.05) is 25.3 Å². The van der Waals surface area contributed by atoms with Crippen LogP contribution in [0.25, 0.3) is 0 Å². The first-order valence-electron chi connectivity index (χ1n) is 7.27. The number of amides is 1. The number of anilines is 1. The number of hydrogen-bond acceptors (Lipinski definition) is 3. The average molecular weight is 290 g/mol. The van der Waals surface area contributed by atoms with Crippen LogP contribution in [0.2, 0.25) is 0 Å². The summed E-state index contributed by atoms with van der Waals surface area (Å²) in [5.74, 6) is -0.828. The van der Waals surface area contributed by atoms with Gasteiger partial charge in [0.1, 0.15) is 0 Å². The van der Waals surface area contributed by atoms with Gasteiger partial charge in [0.2, 0.25) is 5.91 Å². The first-order chi connectivity index (χ1) is 9.90. The molecule has 21 heavy (non-hydrogen) atoms. The summed E-state index contributed by atoms with van der Waals surface area (Å²) in [5, 5.41) is 9.06. The van der Waals surface area contributed by atoms with Crippen molar-refractivity contribution in [1.29, 1.82) is 0 Å². The molecule has 0 fully saturated rings. The summed E-state index contributed by atoms with van der Waals surface area (Å²) in [6, 6.07) is 5.33. The lowest BCUT2D eigenvalue weighted by molar-refractivity contribution is -0.129. The Morgan fingerprint density at radius 1 is 1.38 bits per heavy atom. The van der Waals surface area contributed by atoms with Gasteiger partial charge in [-0.05, 0) is 50.5 Å². The number of benzene rings is 1. The highest BCUT2D eigenvalue weighted by atomic mass is 16.4. The van der Waals surface area contributed by atoms with Gasteiger partial charge in [-0.2, -0.15) is 0 Å². The fraction of sp³-hybridized carbons (Fsp3) is 0.500. The zero-order valence-electron chi connectivity index (χ0n) is 12.8. The number of likely N-dealkylation sites (N-methyl/N-ethyl adjacent to an activating group) is 1. The Morgan fingerprint density at radius 2 is 2.10 bits per heavy atom. The van der Waals surface area contributed by atoms with Crippen molar-refractivity contribution in [2.45, 2.75) is 32.7 Å². The Balaban J connectivity index is 2.19. The molecule has 0 atom stereocenters. The number of hydrogen-bond donors (Lipinski definition) is 1. The number of carbonyl (C=O) groups is 2. The fourth-order valence-corrected chi connectivity index (χ4v) is 2.54. The van der Waals surface area contributed by atoms with Crippen molar-refractivity contribution in [1.82, 2.24) is 4.90 Å². The summed E-state index contributed by atoms with van der Waals surface area (Å²) < 4.78 is 0. The normalized spacial score (nSPS) is 14.0. The molecule has 0 bridgehead atoms. The minimum absolute atomic E-state index is 0.0835. The van der Waals surface area contributed by atoms with Crippen molar-refractivity contribution in [3.8, 4) is 0 Å². The lowest BCUT2D eigenvalue weighted by Gasteiger charge is -2.33. The van der Waals surface area contributed by atoms with Crippen LogP contribution in [-0.4, -0.2) is 48.1 Å². The van der Waals surface area contributed by atoms with E-state index < -0.39 is 5.97 Å². The number of nitrogens with zero attached hydrogens (tertiary/aromatic N) is 2. The van der Waals surface area contributed by atoms with Crippen LogP contribution in [0.1, 0.15) is 36.2 Å². The van der Waals surface area contributed by atoms with Gasteiger partial charge >= 0.3 is 5.97 Å². The second-order valence-electron chi connectivity index (χ2n) is 5.77. The van der Waals surface area contributed by atoms with Crippen LogP contribution in [0.15, 0.2) is 18.2 Å². The van der Waals surface area contributed by atoms with Crippen molar-refractivity contribution in [2.24, 2.45) is 0 Å². The minimum Gasteiger partial charge on any atom is -0.478 e. The highest BCUT2D eigenvalue weighted by Crippen LogP contribution is 2.28. The van der Waals surface area contributed by atoms with Gasteiger partial charge in [0.05, 0.1) is 12.1 Å². The fourth-order valence-electron chi connectivity index (χ4n) is 2.54. The van der Waals surface area contributed by atoms with Crippen molar-refractivity contribution in [2.75, 3.05) is 25.0 Å². The highest BCUT2D eigenvalue weighted by Gasteiger charge is 2.22. The van der Waals surface area contributed by atoms with Crippen LogP contribution in [0.4, 0.5) is 5.69 Å². The van der Waals surface area contributed by atoms with Crippen molar-refractivity contribution in [3.63, 3.8) is 0 Å². The van der Waals surface area contributed by atoms with Gasteiger partial charge in [-0.15, -0.1) is 0 Å². The summed E-state index contributed by atoms with van der Waals surface area (Å²) in [7, 11) is 1.81. The minimum atomic E-state index is -0.912. The SMILES string of the molecule is CC(C)N(C)C(=O)CN1CCCc2cc(C(=O)O)ccc21. The number of carboxylic acids is 1. The van der Waals surface area contributed by atoms with E-state index in [1.807, 2.05) is 31.9 Å². The zero-order valence-corrected chi connectivity index (χ0v) is 12.8. The van der Waals surface area contributed by atoms with Gasteiger partial charge in [-0.1, -0.05) is 0 Å². The van der Waals surface area contributed by atoms with Gasteiger partial charge in [0.25, 0.3) is 0 Å². The van der Waals surface area contributed by atoms with E-state index in [1.54, 1.807) is 17.0 Å². The van der Waals surface area contributed by atoms with Gasteiger partial charge < -0.3 is 14.9 Å². The molecule has 2 rings (SSSR count). The maximum Gasteiger partial charge on any atom is 0.335 e. The van der Waals surface area contributed by atoms with Crippen LogP contribution in [0.5, 0.6) is 0 Å². The van der Waals surface area contributed by atoms with Gasteiger partial charge in [-0.3, -0.25) is 4.79 Å². The zero-order chi connectivity index (χ0) is 15.6. The maximum absolute atomic E-state index is 12.2. The first kappa shape index (κ1) is 15.4. The summed E-state index contributed by atoms with van der Waals surface area (Å²) >= 11 is 0. The molecule has 1 heterocycles. The molecule has 0 aliphatic carbocycles. The van der Waals surface area contributed by atoms with E-state index in [4.69, 9.17) is 5.11 Å². The molecule has 1 amide bonds. The molecular formula is C16H22N2O3. The predicted octanol–water partition coefficient (Wildman–Crippen LogP) is 2.00. The second-order valence-corrected chi connectivity index (χ2v) is 5.77. The number of aromatic carboxylic acids is 1. The number of aryl methyl sites for hydroxylation is 1. The molecule has 1 aliphatic rings. The molecule has 0 saturated heterocycles. The lowest BCUT2D eigenvalue weighted by Crippen LogP contribution is -2.43. The standard InChI is InChI=1S/C16H22N2O3/c1-11(2)17(3)15(19)10-18-8-4-5-12-9-13(16(20)21)6-7-14(12)18/h6-7,9,11H,4-5,8,10H2,1-3H3,(H,20,21). The van der Waals surface area contributed by atoms with Crippen LogP contribution >= 0.6 is 0 Å². The molecule has 114 valence electrons. The maximum atomic E-state index is 12.2. The average Bonchev–Trinajstić information content (AvgIpc) is 2.45. The molecule has 0 saturated carbocycles. The van der Waals surface area contributed by atoms with Crippen LogP contribution < -0.4 is 4.90 Å². The Bertz CT molecular complexity index is 554. The van der Waals surface area contributed by atoms with Crippen LogP contribution in [0.3, 0.4) is 0 Å². The van der Waals surface area contributed by atoms with Gasteiger partial charge in [0.15, 0.2) is 0 Å². The second kappa shape index (κ2) is 6.16. The topological polar surface area (TPSA) is 60.9 Å². The predicted molar refractivity (Wildman–Crippen MR) is 81.8 cm³/mol. The van der Waals surface area contributed by atoms with Crippen molar-refractivity contribution < 1.29 is 14.7 Å². The molecule has 1 aromatic carbocycles. The lowest BCUT2D eigenvalue weighted by atomic mass is 9.99. The number of fused-ring (bicyclic) bond motifs is 1. The Labute approximate surface area is 125 Å². The van der Waals surface area contributed by atoms with Crippen molar-refractivity contribution >= 4 is 17.6 Å². The molecule has 1 aromatic rings. The molecule has 5 nitrogen and oxygen atoms in total. The van der Waals surface area contributed by atoms with E-state index in [9.17, 15) is 9.59 Å². The monoisotopic (exact) mass is 290 g/mol. The quantitative estimate of drug-likeness (QED) is 0.921. The number of rotatable bonds is 4. The molecular weight excluding hydrogens is 268 g/mol. The van der Waals surface area contributed by atoms with Crippen LogP contribution in [0, 0.1) is 0 Å². The molecule has 0 aromatic heterocycles. The third-order valence-corrected chi connectivity index (χ3v) is 4.04. The van der Waals surface area contributed by atoms with Gasteiger partial charge in [-0.25, -0.2) is 4.79 Å². The number of carbonyl (C=O) groups excluding carboxylic acids is 1.